The first-order valence-corrected chi connectivity index (χ1v) is 12.2. The normalized spacial score (nSPS) is 16.9. The first-order chi connectivity index (χ1) is 16.3. The summed E-state index contributed by atoms with van der Waals surface area (Å²) in [7, 11) is 0. The molecule has 1 N–H and O–H groups in total. The number of rotatable bonds is 9. The molecule has 0 aromatic heterocycles. The first kappa shape index (κ1) is 24.0. The minimum atomic E-state index is -0.291. The van der Waals surface area contributed by atoms with E-state index < -0.39 is 0 Å². The number of hydrogen-bond donors (Lipinski definition) is 1. The molecule has 34 heavy (non-hydrogen) atoms. The van der Waals surface area contributed by atoms with Crippen molar-refractivity contribution in [2.45, 2.75) is 58.1 Å². The number of amides is 1. The van der Waals surface area contributed by atoms with E-state index in [1.807, 2.05) is 42.5 Å². The average Bonchev–Trinajstić information content (AvgIpc) is 3.14. The highest BCUT2D eigenvalue weighted by molar-refractivity contribution is 5.79. The van der Waals surface area contributed by atoms with Crippen LogP contribution in [-0.2, 0) is 30.6 Å². The van der Waals surface area contributed by atoms with E-state index in [0.717, 1.165) is 35.3 Å². The van der Waals surface area contributed by atoms with Gasteiger partial charge in [0.15, 0.2) is 0 Å². The van der Waals surface area contributed by atoms with E-state index in [9.17, 15) is 9.90 Å². The Balaban J connectivity index is 1.41. The highest BCUT2D eigenvalue weighted by Crippen LogP contribution is 2.37. The van der Waals surface area contributed by atoms with Crippen LogP contribution in [-0.4, -0.2) is 34.7 Å². The Kier molecular flexibility index (Phi) is 7.38. The van der Waals surface area contributed by atoms with Gasteiger partial charge in [0.25, 0.3) is 0 Å². The predicted octanol–water partition coefficient (Wildman–Crippen LogP) is 5.31. The minimum Gasteiger partial charge on any atom is -0.487 e. The fourth-order valence-electron chi connectivity index (χ4n) is 4.74. The van der Waals surface area contributed by atoms with Gasteiger partial charge in [-0.05, 0) is 46.7 Å². The summed E-state index contributed by atoms with van der Waals surface area (Å²) in [5, 5.41) is 9.47. The average molecular weight is 458 g/mol. The molecule has 0 fully saturated rings. The minimum absolute atomic E-state index is 0.0183. The molecule has 0 bridgehead atoms. The van der Waals surface area contributed by atoms with Crippen molar-refractivity contribution in [3.05, 3.63) is 101 Å². The molecule has 3 aromatic rings. The van der Waals surface area contributed by atoms with Crippen LogP contribution in [0.25, 0.3) is 0 Å². The molecule has 4 heteroatoms. The summed E-state index contributed by atoms with van der Waals surface area (Å²) in [6.07, 6.45) is 1.98. The van der Waals surface area contributed by atoms with Crippen molar-refractivity contribution in [3.8, 4) is 5.75 Å². The number of carbonyl (C=O) groups excluding carboxylic acids is 1. The SMILES string of the molecule is CC(C)c1ccc(CC2(C)Cc3cc(CC(=O)N(CCO)Cc4ccccc4)ccc3O2)cc1. The zero-order valence-electron chi connectivity index (χ0n) is 20.5. The molecule has 1 atom stereocenters. The summed E-state index contributed by atoms with van der Waals surface area (Å²) in [4.78, 5) is 14.8. The van der Waals surface area contributed by atoms with Gasteiger partial charge in [0.1, 0.15) is 11.4 Å². The van der Waals surface area contributed by atoms with Crippen LogP contribution in [0.2, 0.25) is 0 Å². The van der Waals surface area contributed by atoms with Gasteiger partial charge in [-0.15, -0.1) is 0 Å². The maximum absolute atomic E-state index is 13.0. The molecular weight excluding hydrogens is 422 g/mol. The molecule has 1 amide bonds. The number of aliphatic hydroxyl groups excluding tert-OH is 1. The fourth-order valence-corrected chi connectivity index (χ4v) is 4.74. The van der Waals surface area contributed by atoms with Gasteiger partial charge in [-0.1, -0.05) is 80.6 Å². The molecule has 1 aliphatic heterocycles. The van der Waals surface area contributed by atoms with Gasteiger partial charge >= 0.3 is 0 Å². The Morgan fingerprint density at radius 1 is 1.00 bits per heavy atom. The van der Waals surface area contributed by atoms with Gasteiger partial charge in [-0.2, -0.15) is 0 Å². The number of carbonyl (C=O) groups is 1. The number of nitrogens with zero attached hydrogens (tertiary/aromatic N) is 1. The van der Waals surface area contributed by atoms with Crippen LogP contribution in [0.4, 0.5) is 0 Å². The lowest BCUT2D eigenvalue weighted by Gasteiger charge is -2.24. The summed E-state index contributed by atoms with van der Waals surface area (Å²) in [6, 6.07) is 24.8. The maximum atomic E-state index is 13.0. The van der Waals surface area contributed by atoms with Gasteiger partial charge < -0.3 is 14.7 Å². The quantitative estimate of drug-likeness (QED) is 0.474. The zero-order valence-corrected chi connectivity index (χ0v) is 20.5. The van der Waals surface area contributed by atoms with E-state index in [4.69, 9.17) is 4.74 Å². The molecule has 1 heterocycles. The summed E-state index contributed by atoms with van der Waals surface area (Å²) >= 11 is 0. The molecule has 4 nitrogen and oxygen atoms in total. The molecule has 178 valence electrons. The molecule has 0 radical (unpaired) electrons. The number of ether oxygens (including phenoxy) is 1. The zero-order chi connectivity index (χ0) is 24.1. The number of hydrogen-bond acceptors (Lipinski definition) is 3. The lowest BCUT2D eigenvalue weighted by Crippen LogP contribution is -2.34. The maximum Gasteiger partial charge on any atom is 0.227 e. The molecule has 4 rings (SSSR count). The van der Waals surface area contributed by atoms with Crippen molar-refractivity contribution in [1.82, 2.24) is 4.90 Å². The van der Waals surface area contributed by atoms with Crippen LogP contribution in [0.5, 0.6) is 5.75 Å². The van der Waals surface area contributed by atoms with Gasteiger partial charge in [-0.3, -0.25) is 4.79 Å². The number of aliphatic hydroxyl groups is 1. The second-order valence-electron chi connectivity index (χ2n) is 9.95. The van der Waals surface area contributed by atoms with Crippen LogP contribution < -0.4 is 4.74 Å². The first-order valence-electron chi connectivity index (χ1n) is 12.2. The monoisotopic (exact) mass is 457 g/mol. The largest absolute Gasteiger partial charge is 0.487 e. The number of benzene rings is 3. The van der Waals surface area contributed by atoms with E-state index in [1.54, 1.807) is 4.90 Å². The van der Waals surface area contributed by atoms with Crippen LogP contribution in [0.3, 0.4) is 0 Å². The third-order valence-electron chi connectivity index (χ3n) is 6.56. The predicted molar refractivity (Wildman–Crippen MR) is 136 cm³/mol. The molecule has 0 spiro atoms. The second kappa shape index (κ2) is 10.4. The summed E-state index contributed by atoms with van der Waals surface area (Å²) in [5.41, 5.74) is 5.53. The molecule has 1 aliphatic rings. The Bertz CT molecular complexity index is 1110. The topological polar surface area (TPSA) is 49.8 Å². The Hall–Kier alpha value is -3.11. The molecule has 0 saturated carbocycles. The van der Waals surface area contributed by atoms with Crippen molar-refractivity contribution in [1.29, 1.82) is 0 Å². The van der Waals surface area contributed by atoms with Gasteiger partial charge in [0.05, 0.1) is 13.0 Å². The van der Waals surface area contributed by atoms with E-state index in [1.165, 1.54) is 11.1 Å². The summed E-state index contributed by atoms with van der Waals surface area (Å²) in [6.45, 7) is 7.36. The lowest BCUT2D eigenvalue weighted by atomic mass is 9.90. The third-order valence-corrected chi connectivity index (χ3v) is 6.56. The molecular formula is C30H35NO3. The van der Waals surface area contributed by atoms with E-state index >= 15 is 0 Å². The standard InChI is InChI=1S/C30H35NO3/c1-22(2)26-12-9-23(10-13-26)19-30(3)20-27-17-25(11-14-28(27)34-30)18-29(33)31(15-16-32)21-24-7-5-4-6-8-24/h4-14,17,22,32H,15-16,18-21H2,1-3H3. The van der Waals surface area contributed by atoms with Crippen LogP contribution in [0.1, 0.15) is 54.5 Å². The van der Waals surface area contributed by atoms with Crippen LogP contribution in [0.15, 0.2) is 72.8 Å². The lowest BCUT2D eigenvalue weighted by molar-refractivity contribution is -0.131. The van der Waals surface area contributed by atoms with Crippen molar-refractivity contribution in [2.24, 2.45) is 0 Å². The molecule has 1 unspecified atom stereocenters. The Morgan fingerprint density at radius 2 is 1.71 bits per heavy atom. The van der Waals surface area contributed by atoms with Gasteiger partial charge in [0, 0.05) is 25.9 Å². The smallest absolute Gasteiger partial charge is 0.227 e. The fraction of sp³-hybridized carbons (Fsp3) is 0.367. The van der Waals surface area contributed by atoms with Crippen molar-refractivity contribution in [2.75, 3.05) is 13.2 Å². The summed E-state index contributed by atoms with van der Waals surface area (Å²) < 4.78 is 6.37. The van der Waals surface area contributed by atoms with Crippen LogP contribution >= 0.6 is 0 Å². The van der Waals surface area contributed by atoms with Crippen LogP contribution in [0, 0.1) is 0 Å². The van der Waals surface area contributed by atoms with Crippen molar-refractivity contribution in [3.63, 3.8) is 0 Å². The van der Waals surface area contributed by atoms with Gasteiger partial charge in [0.2, 0.25) is 5.91 Å². The van der Waals surface area contributed by atoms with Crippen molar-refractivity contribution >= 4 is 5.91 Å². The second-order valence-corrected chi connectivity index (χ2v) is 9.95. The molecule has 3 aromatic carbocycles. The van der Waals surface area contributed by atoms with E-state index in [0.29, 0.717) is 25.4 Å². The summed E-state index contributed by atoms with van der Waals surface area (Å²) in [5.74, 6) is 1.46. The third kappa shape index (κ3) is 5.87. The van der Waals surface area contributed by atoms with Gasteiger partial charge in [-0.25, -0.2) is 0 Å². The Labute approximate surface area is 203 Å². The highest BCUT2D eigenvalue weighted by atomic mass is 16.5. The number of fused-ring (bicyclic) bond motifs is 1. The van der Waals surface area contributed by atoms with E-state index in [-0.39, 0.29) is 18.1 Å². The molecule has 0 saturated heterocycles. The van der Waals surface area contributed by atoms with Crippen molar-refractivity contribution < 1.29 is 14.6 Å². The molecule has 0 aliphatic carbocycles. The Morgan fingerprint density at radius 3 is 2.38 bits per heavy atom. The highest BCUT2D eigenvalue weighted by Gasteiger charge is 2.35. The van der Waals surface area contributed by atoms with E-state index in [2.05, 4.69) is 51.1 Å².